The van der Waals surface area contributed by atoms with Gasteiger partial charge < -0.3 is 15.8 Å². The Morgan fingerprint density at radius 3 is 3.00 bits per heavy atom. The summed E-state index contributed by atoms with van der Waals surface area (Å²) in [5.41, 5.74) is 7.36. The van der Waals surface area contributed by atoms with Crippen molar-refractivity contribution >= 4 is 22.4 Å². The molecule has 1 aromatic heterocycles. The molecule has 0 radical (unpaired) electrons. The number of nitrogens with two attached hydrogens (primary N) is 1. The van der Waals surface area contributed by atoms with Gasteiger partial charge in [0.25, 0.3) is 0 Å². The Kier molecular flexibility index (Phi) is 3.21. The summed E-state index contributed by atoms with van der Waals surface area (Å²) in [5, 5.41) is 4.47. The van der Waals surface area contributed by atoms with Crippen LogP contribution in [0.2, 0.25) is 0 Å². The second-order valence-corrected chi connectivity index (χ2v) is 4.89. The molecular weight excluding hydrogens is 240 g/mol. The molecule has 5 heteroatoms. The van der Waals surface area contributed by atoms with Crippen LogP contribution in [-0.4, -0.2) is 28.7 Å². The van der Waals surface area contributed by atoms with Crippen LogP contribution in [0.15, 0.2) is 24.5 Å². The zero-order chi connectivity index (χ0) is 13.2. The van der Waals surface area contributed by atoms with Crippen LogP contribution in [0.1, 0.15) is 19.8 Å². The molecule has 1 fully saturated rings. The van der Waals surface area contributed by atoms with E-state index in [1.165, 1.54) is 0 Å². The van der Waals surface area contributed by atoms with Crippen LogP contribution in [0, 0.1) is 0 Å². The van der Waals surface area contributed by atoms with Crippen LogP contribution in [0.4, 0.5) is 11.5 Å². The van der Waals surface area contributed by atoms with Crippen molar-refractivity contribution in [1.82, 2.24) is 9.97 Å². The molecule has 3 rings (SSSR count). The van der Waals surface area contributed by atoms with E-state index in [2.05, 4.69) is 15.3 Å². The number of nitrogen functional groups attached to an aromatic ring is 1. The number of nitrogens with zero attached hydrogens (tertiary/aromatic N) is 2. The molecule has 0 amide bonds. The topological polar surface area (TPSA) is 73.1 Å². The average Bonchev–Trinajstić information content (AvgIpc) is 2.36. The number of hydrogen-bond donors (Lipinski definition) is 2. The molecule has 0 aliphatic heterocycles. The zero-order valence-electron chi connectivity index (χ0n) is 11.0. The van der Waals surface area contributed by atoms with Crippen molar-refractivity contribution in [3.05, 3.63) is 24.5 Å². The van der Waals surface area contributed by atoms with E-state index in [0.717, 1.165) is 41.9 Å². The predicted octanol–water partition coefficient (Wildman–Crippen LogP) is 2.19. The Labute approximate surface area is 112 Å². The van der Waals surface area contributed by atoms with E-state index >= 15 is 0 Å². The molecule has 3 N–H and O–H groups in total. The van der Waals surface area contributed by atoms with Gasteiger partial charge in [-0.3, -0.25) is 0 Å². The summed E-state index contributed by atoms with van der Waals surface area (Å²) in [5.74, 6) is 0.880. The maximum Gasteiger partial charge on any atom is 0.137 e. The number of anilines is 2. The first-order valence-electron chi connectivity index (χ1n) is 6.64. The van der Waals surface area contributed by atoms with Crippen molar-refractivity contribution in [2.75, 3.05) is 17.7 Å². The summed E-state index contributed by atoms with van der Waals surface area (Å²) in [7, 11) is 0. The van der Waals surface area contributed by atoms with E-state index in [4.69, 9.17) is 10.5 Å². The summed E-state index contributed by atoms with van der Waals surface area (Å²) in [6.07, 6.45) is 4.04. The standard InChI is InChI=1S/C14H18N4O/c1-2-19-11-6-10(7-11)18-14-12-4-3-9(15)5-13(12)16-8-17-14/h3-5,8,10-11H,2,6-7,15H2,1H3,(H,16,17,18). The van der Waals surface area contributed by atoms with E-state index < -0.39 is 0 Å². The van der Waals surface area contributed by atoms with Crippen LogP contribution >= 0.6 is 0 Å². The molecule has 19 heavy (non-hydrogen) atoms. The quantitative estimate of drug-likeness (QED) is 0.822. The third kappa shape index (κ3) is 2.46. The van der Waals surface area contributed by atoms with Crippen molar-refractivity contribution in [3.63, 3.8) is 0 Å². The third-order valence-electron chi connectivity index (χ3n) is 3.50. The lowest BCUT2D eigenvalue weighted by Crippen LogP contribution is -2.41. The van der Waals surface area contributed by atoms with Crippen molar-refractivity contribution in [3.8, 4) is 0 Å². The molecule has 0 unspecified atom stereocenters. The number of nitrogens with one attached hydrogen (secondary N) is 1. The van der Waals surface area contributed by atoms with E-state index in [1.807, 2.05) is 25.1 Å². The molecule has 100 valence electrons. The first-order valence-corrected chi connectivity index (χ1v) is 6.64. The number of benzene rings is 1. The lowest BCUT2D eigenvalue weighted by Gasteiger charge is -2.35. The second-order valence-electron chi connectivity index (χ2n) is 4.89. The lowest BCUT2D eigenvalue weighted by atomic mass is 9.89. The fraction of sp³-hybridized carbons (Fsp3) is 0.429. The average molecular weight is 258 g/mol. The molecule has 2 aromatic rings. The minimum absolute atomic E-state index is 0.395. The minimum Gasteiger partial charge on any atom is -0.399 e. The molecule has 5 nitrogen and oxygen atoms in total. The molecule has 0 atom stereocenters. The van der Waals surface area contributed by atoms with Gasteiger partial charge in [0.15, 0.2) is 0 Å². The summed E-state index contributed by atoms with van der Waals surface area (Å²) < 4.78 is 5.56. The molecule has 0 saturated heterocycles. The third-order valence-corrected chi connectivity index (χ3v) is 3.50. The number of aromatic nitrogens is 2. The van der Waals surface area contributed by atoms with Crippen LogP contribution < -0.4 is 11.1 Å². The highest BCUT2D eigenvalue weighted by molar-refractivity contribution is 5.90. The first kappa shape index (κ1) is 12.2. The van der Waals surface area contributed by atoms with E-state index in [1.54, 1.807) is 6.33 Å². The Hall–Kier alpha value is -1.88. The molecule has 1 aliphatic rings. The van der Waals surface area contributed by atoms with Crippen molar-refractivity contribution in [2.24, 2.45) is 0 Å². The summed E-state index contributed by atoms with van der Waals surface area (Å²) in [6, 6.07) is 6.14. The van der Waals surface area contributed by atoms with Crippen molar-refractivity contribution in [2.45, 2.75) is 31.9 Å². The van der Waals surface area contributed by atoms with Gasteiger partial charge in [-0.05, 0) is 38.0 Å². The summed E-state index contributed by atoms with van der Waals surface area (Å²) in [4.78, 5) is 8.57. The van der Waals surface area contributed by atoms with Crippen LogP contribution in [0.3, 0.4) is 0 Å². The van der Waals surface area contributed by atoms with E-state index in [0.29, 0.717) is 12.1 Å². The fourth-order valence-corrected chi connectivity index (χ4v) is 2.44. The second kappa shape index (κ2) is 5.01. The van der Waals surface area contributed by atoms with E-state index in [9.17, 15) is 0 Å². The minimum atomic E-state index is 0.395. The first-order chi connectivity index (χ1) is 9.26. The maximum absolute atomic E-state index is 5.77. The van der Waals surface area contributed by atoms with Gasteiger partial charge in [-0.15, -0.1) is 0 Å². The van der Waals surface area contributed by atoms with Gasteiger partial charge >= 0.3 is 0 Å². The Bertz CT molecular complexity index is 581. The van der Waals surface area contributed by atoms with Crippen LogP contribution in [-0.2, 0) is 4.74 Å². The highest BCUT2D eigenvalue weighted by atomic mass is 16.5. The summed E-state index contributed by atoms with van der Waals surface area (Å²) >= 11 is 0. The lowest BCUT2D eigenvalue weighted by molar-refractivity contribution is 0.00295. The molecule has 0 bridgehead atoms. The monoisotopic (exact) mass is 258 g/mol. The van der Waals surface area contributed by atoms with Crippen molar-refractivity contribution < 1.29 is 4.74 Å². The Balaban J connectivity index is 1.75. The number of rotatable bonds is 4. The van der Waals surface area contributed by atoms with Gasteiger partial charge in [0.1, 0.15) is 12.1 Å². The normalized spacial score (nSPS) is 22.2. The van der Waals surface area contributed by atoms with Gasteiger partial charge in [0.05, 0.1) is 11.6 Å². The molecule has 0 spiro atoms. The van der Waals surface area contributed by atoms with Crippen LogP contribution in [0.5, 0.6) is 0 Å². The fourth-order valence-electron chi connectivity index (χ4n) is 2.44. The number of hydrogen-bond acceptors (Lipinski definition) is 5. The largest absolute Gasteiger partial charge is 0.399 e. The zero-order valence-corrected chi connectivity index (χ0v) is 11.0. The molecule has 1 aromatic carbocycles. The van der Waals surface area contributed by atoms with Crippen molar-refractivity contribution in [1.29, 1.82) is 0 Å². The molecular formula is C14H18N4O. The predicted molar refractivity (Wildman–Crippen MR) is 76.0 cm³/mol. The highest BCUT2D eigenvalue weighted by Crippen LogP contribution is 2.29. The van der Waals surface area contributed by atoms with Gasteiger partial charge in [-0.1, -0.05) is 0 Å². The Morgan fingerprint density at radius 2 is 2.21 bits per heavy atom. The smallest absolute Gasteiger partial charge is 0.137 e. The molecule has 1 aliphatic carbocycles. The molecule has 1 heterocycles. The molecule has 1 saturated carbocycles. The van der Waals surface area contributed by atoms with Crippen LogP contribution in [0.25, 0.3) is 10.9 Å². The summed E-state index contributed by atoms with van der Waals surface area (Å²) in [6.45, 7) is 2.82. The Morgan fingerprint density at radius 1 is 1.37 bits per heavy atom. The maximum atomic E-state index is 5.77. The highest BCUT2D eigenvalue weighted by Gasteiger charge is 2.29. The number of ether oxygens (including phenoxy) is 1. The van der Waals surface area contributed by atoms with Gasteiger partial charge in [0, 0.05) is 23.7 Å². The SMILES string of the molecule is CCOC1CC(Nc2ncnc3cc(N)ccc23)C1. The van der Waals surface area contributed by atoms with Gasteiger partial charge in [-0.25, -0.2) is 9.97 Å². The van der Waals surface area contributed by atoms with E-state index in [-0.39, 0.29) is 0 Å². The van der Waals surface area contributed by atoms with Gasteiger partial charge in [-0.2, -0.15) is 0 Å². The van der Waals surface area contributed by atoms with Gasteiger partial charge in [0.2, 0.25) is 0 Å². The number of fused-ring (bicyclic) bond motifs is 1.